The monoisotopic (exact) mass is 356 g/mol. The molecular weight excluding hydrogens is 336 g/mol. The van der Waals surface area contributed by atoms with Gasteiger partial charge in [-0.25, -0.2) is 0 Å². The van der Waals surface area contributed by atoms with Gasteiger partial charge in [-0.1, -0.05) is 6.92 Å². The Bertz CT molecular complexity index is 552. The Morgan fingerprint density at radius 2 is 1.95 bits per heavy atom. The third-order valence-electron chi connectivity index (χ3n) is 3.73. The number of ether oxygens (including phenoxy) is 2. The fraction of sp³-hybridized carbons (Fsp3) is 0.562. The van der Waals surface area contributed by atoms with E-state index >= 15 is 0 Å². The van der Waals surface area contributed by atoms with Crippen molar-refractivity contribution in [2.45, 2.75) is 40.0 Å². The standard InChI is InChI=1S/C16H21BrO4/c1-4-11-10(9-16(2,3)15(18)19)8-12(17)14-13(11)20-6-5-7-21-14/h8H,4-7,9H2,1-3H3,(H,18,19). The minimum absolute atomic E-state index is 0.459. The molecule has 5 heteroatoms. The lowest BCUT2D eigenvalue weighted by atomic mass is 9.83. The SMILES string of the molecule is CCc1c(CC(C)(C)C(=O)O)cc(Br)c2c1OCCCO2. The van der Waals surface area contributed by atoms with E-state index in [2.05, 4.69) is 22.9 Å². The Hall–Kier alpha value is -1.23. The maximum Gasteiger partial charge on any atom is 0.309 e. The summed E-state index contributed by atoms with van der Waals surface area (Å²) in [4.78, 5) is 11.4. The van der Waals surface area contributed by atoms with Crippen molar-refractivity contribution in [2.75, 3.05) is 13.2 Å². The van der Waals surface area contributed by atoms with Crippen molar-refractivity contribution in [3.05, 3.63) is 21.7 Å². The molecule has 1 heterocycles. The zero-order chi connectivity index (χ0) is 15.6. The number of aliphatic carboxylic acids is 1. The van der Waals surface area contributed by atoms with E-state index in [0.717, 1.165) is 39.9 Å². The van der Waals surface area contributed by atoms with Gasteiger partial charge in [0.1, 0.15) is 0 Å². The maximum atomic E-state index is 11.4. The van der Waals surface area contributed by atoms with Crippen LogP contribution in [0, 0.1) is 5.41 Å². The lowest BCUT2D eigenvalue weighted by Crippen LogP contribution is -2.26. The first kappa shape index (κ1) is 16.1. The van der Waals surface area contributed by atoms with Gasteiger partial charge in [0, 0.05) is 12.0 Å². The lowest BCUT2D eigenvalue weighted by Gasteiger charge is -2.23. The van der Waals surface area contributed by atoms with Gasteiger partial charge >= 0.3 is 5.97 Å². The van der Waals surface area contributed by atoms with Gasteiger partial charge in [0.15, 0.2) is 11.5 Å². The fourth-order valence-electron chi connectivity index (χ4n) is 2.49. The molecule has 0 fully saturated rings. The molecule has 0 radical (unpaired) electrons. The topological polar surface area (TPSA) is 55.8 Å². The van der Waals surface area contributed by atoms with Crippen LogP contribution in [0.4, 0.5) is 0 Å². The summed E-state index contributed by atoms with van der Waals surface area (Å²) >= 11 is 3.52. The summed E-state index contributed by atoms with van der Waals surface area (Å²) in [6.07, 6.45) is 2.09. The first-order chi connectivity index (χ1) is 9.86. The van der Waals surface area contributed by atoms with E-state index in [-0.39, 0.29) is 0 Å². The Labute approximate surface area is 133 Å². The number of carboxylic acids is 1. The molecule has 0 saturated heterocycles. The number of hydrogen-bond acceptors (Lipinski definition) is 3. The zero-order valence-corrected chi connectivity index (χ0v) is 14.2. The predicted octanol–water partition coefficient (Wildman–Crippen LogP) is 3.83. The summed E-state index contributed by atoms with van der Waals surface area (Å²) in [5.41, 5.74) is 1.23. The molecule has 0 bridgehead atoms. The second kappa shape index (κ2) is 6.26. The highest BCUT2D eigenvalue weighted by Gasteiger charge is 2.30. The molecule has 2 rings (SSSR count). The smallest absolute Gasteiger partial charge is 0.309 e. The number of benzene rings is 1. The molecule has 4 nitrogen and oxygen atoms in total. The molecule has 0 aliphatic carbocycles. The Kier molecular flexibility index (Phi) is 4.81. The molecule has 0 spiro atoms. The normalized spacial score (nSPS) is 14.7. The predicted molar refractivity (Wildman–Crippen MR) is 84.2 cm³/mol. The lowest BCUT2D eigenvalue weighted by molar-refractivity contribution is -0.146. The average Bonchev–Trinajstić information content (AvgIpc) is 2.64. The van der Waals surface area contributed by atoms with Gasteiger partial charge in [-0.2, -0.15) is 0 Å². The van der Waals surface area contributed by atoms with Crippen molar-refractivity contribution in [2.24, 2.45) is 5.41 Å². The van der Waals surface area contributed by atoms with Crippen LogP contribution < -0.4 is 9.47 Å². The van der Waals surface area contributed by atoms with E-state index in [1.165, 1.54) is 0 Å². The van der Waals surface area contributed by atoms with Crippen LogP contribution in [-0.4, -0.2) is 24.3 Å². The van der Waals surface area contributed by atoms with Crippen molar-refractivity contribution in [1.29, 1.82) is 0 Å². The van der Waals surface area contributed by atoms with E-state index < -0.39 is 11.4 Å². The average molecular weight is 357 g/mol. The van der Waals surface area contributed by atoms with Crippen LogP contribution in [0.5, 0.6) is 11.5 Å². The van der Waals surface area contributed by atoms with E-state index in [9.17, 15) is 9.90 Å². The van der Waals surface area contributed by atoms with Crippen LogP contribution in [0.3, 0.4) is 0 Å². The van der Waals surface area contributed by atoms with E-state index in [1.807, 2.05) is 6.07 Å². The molecule has 1 aromatic rings. The summed E-state index contributed by atoms with van der Waals surface area (Å²) < 4.78 is 12.5. The highest BCUT2D eigenvalue weighted by molar-refractivity contribution is 9.10. The fourth-order valence-corrected chi connectivity index (χ4v) is 3.06. The molecule has 21 heavy (non-hydrogen) atoms. The second-order valence-electron chi connectivity index (χ2n) is 5.92. The van der Waals surface area contributed by atoms with Gasteiger partial charge < -0.3 is 14.6 Å². The van der Waals surface area contributed by atoms with Crippen LogP contribution in [0.25, 0.3) is 0 Å². The molecule has 0 amide bonds. The van der Waals surface area contributed by atoms with Crippen molar-refractivity contribution in [1.82, 2.24) is 0 Å². The van der Waals surface area contributed by atoms with Crippen molar-refractivity contribution >= 4 is 21.9 Å². The van der Waals surface area contributed by atoms with Gasteiger partial charge in [-0.05, 0) is 54.2 Å². The van der Waals surface area contributed by atoms with Crippen LogP contribution in [-0.2, 0) is 17.6 Å². The van der Waals surface area contributed by atoms with Gasteiger partial charge in [0.2, 0.25) is 0 Å². The largest absolute Gasteiger partial charge is 0.489 e. The summed E-state index contributed by atoms with van der Waals surface area (Å²) in [5, 5.41) is 9.35. The number of carbonyl (C=O) groups is 1. The molecule has 0 saturated carbocycles. The molecule has 0 atom stereocenters. The number of halogens is 1. The Balaban J connectivity index is 2.50. The molecule has 0 aromatic heterocycles. The number of hydrogen-bond donors (Lipinski definition) is 1. The highest BCUT2D eigenvalue weighted by atomic mass is 79.9. The summed E-state index contributed by atoms with van der Waals surface area (Å²) in [6, 6.07) is 1.97. The van der Waals surface area contributed by atoms with E-state index in [1.54, 1.807) is 13.8 Å². The van der Waals surface area contributed by atoms with Crippen molar-refractivity contribution in [3.8, 4) is 11.5 Å². The van der Waals surface area contributed by atoms with Gasteiger partial charge in [-0.3, -0.25) is 4.79 Å². The molecule has 1 aliphatic heterocycles. The minimum Gasteiger partial charge on any atom is -0.489 e. The highest BCUT2D eigenvalue weighted by Crippen LogP contribution is 2.43. The van der Waals surface area contributed by atoms with E-state index in [4.69, 9.17) is 9.47 Å². The van der Waals surface area contributed by atoms with Crippen LogP contribution in [0.2, 0.25) is 0 Å². The first-order valence-electron chi connectivity index (χ1n) is 7.20. The van der Waals surface area contributed by atoms with Crippen molar-refractivity contribution < 1.29 is 19.4 Å². The zero-order valence-electron chi connectivity index (χ0n) is 12.7. The molecular formula is C16H21BrO4. The molecule has 0 unspecified atom stereocenters. The minimum atomic E-state index is -0.816. The van der Waals surface area contributed by atoms with Crippen LogP contribution in [0.1, 0.15) is 38.3 Å². The van der Waals surface area contributed by atoms with Crippen LogP contribution >= 0.6 is 15.9 Å². The summed E-state index contributed by atoms with van der Waals surface area (Å²) in [6.45, 7) is 6.79. The molecule has 116 valence electrons. The number of carboxylic acid groups (broad SMARTS) is 1. The van der Waals surface area contributed by atoms with E-state index in [0.29, 0.717) is 19.6 Å². The Morgan fingerprint density at radius 1 is 1.33 bits per heavy atom. The second-order valence-corrected chi connectivity index (χ2v) is 6.78. The van der Waals surface area contributed by atoms with Crippen molar-refractivity contribution in [3.63, 3.8) is 0 Å². The quantitative estimate of drug-likeness (QED) is 0.890. The first-order valence-corrected chi connectivity index (χ1v) is 7.99. The maximum absolute atomic E-state index is 11.4. The number of rotatable bonds is 4. The summed E-state index contributed by atoms with van der Waals surface area (Å²) in [5.74, 6) is 0.703. The third kappa shape index (κ3) is 3.34. The molecule has 1 N–H and O–H groups in total. The van der Waals surface area contributed by atoms with Gasteiger partial charge in [-0.15, -0.1) is 0 Å². The van der Waals surface area contributed by atoms with Crippen LogP contribution in [0.15, 0.2) is 10.5 Å². The van der Waals surface area contributed by atoms with Gasteiger partial charge in [0.25, 0.3) is 0 Å². The summed E-state index contributed by atoms with van der Waals surface area (Å²) in [7, 11) is 0. The van der Waals surface area contributed by atoms with Gasteiger partial charge in [0.05, 0.1) is 23.1 Å². The number of fused-ring (bicyclic) bond motifs is 1. The molecule has 1 aromatic carbocycles. The molecule has 1 aliphatic rings. The third-order valence-corrected chi connectivity index (χ3v) is 4.32. The Morgan fingerprint density at radius 3 is 2.52 bits per heavy atom.